The van der Waals surface area contributed by atoms with Crippen molar-refractivity contribution in [1.29, 1.82) is 0 Å². The molecule has 2 aromatic rings. The Morgan fingerprint density at radius 1 is 1.40 bits per heavy atom. The molecule has 0 aliphatic carbocycles. The molecule has 0 saturated carbocycles. The first kappa shape index (κ1) is 10.5. The van der Waals surface area contributed by atoms with Gasteiger partial charge in [0.1, 0.15) is 5.58 Å². The van der Waals surface area contributed by atoms with Crippen LogP contribution in [0.15, 0.2) is 16.7 Å². The molecule has 0 radical (unpaired) electrons. The fourth-order valence-electron chi connectivity index (χ4n) is 1.93. The van der Waals surface area contributed by atoms with E-state index in [0.717, 1.165) is 39.2 Å². The smallest absolute Gasteiger partial charge is 0.134 e. The maximum Gasteiger partial charge on any atom is 0.134 e. The van der Waals surface area contributed by atoms with Crippen LogP contribution in [0, 0.1) is 13.8 Å². The van der Waals surface area contributed by atoms with Gasteiger partial charge >= 0.3 is 0 Å². The first-order valence-corrected chi connectivity index (χ1v) is 5.33. The van der Waals surface area contributed by atoms with Crippen molar-refractivity contribution < 1.29 is 4.42 Å². The van der Waals surface area contributed by atoms with Crippen LogP contribution in [0.4, 0.5) is 0 Å². The SMILES string of the molecule is CNCc1coc2cc(C)c(Cl)c(C)c12. The first-order chi connectivity index (χ1) is 7.15. The molecule has 1 aromatic carbocycles. The predicted molar refractivity (Wildman–Crippen MR) is 63.5 cm³/mol. The third kappa shape index (κ3) is 1.64. The number of nitrogens with one attached hydrogen (secondary N) is 1. The van der Waals surface area contributed by atoms with E-state index >= 15 is 0 Å². The third-order valence-corrected chi connectivity index (χ3v) is 3.24. The normalized spacial score (nSPS) is 11.2. The minimum absolute atomic E-state index is 0.799. The van der Waals surface area contributed by atoms with Gasteiger partial charge in [0.15, 0.2) is 0 Å². The highest BCUT2D eigenvalue weighted by molar-refractivity contribution is 6.33. The minimum Gasteiger partial charge on any atom is -0.464 e. The van der Waals surface area contributed by atoms with Crippen molar-refractivity contribution >= 4 is 22.6 Å². The lowest BCUT2D eigenvalue weighted by atomic mass is 10.0. The van der Waals surface area contributed by atoms with Crippen LogP contribution in [0.1, 0.15) is 16.7 Å². The van der Waals surface area contributed by atoms with Crippen LogP contribution < -0.4 is 5.32 Å². The Labute approximate surface area is 94.2 Å². The third-order valence-electron chi connectivity index (χ3n) is 2.66. The molecule has 0 aliphatic rings. The maximum atomic E-state index is 6.22. The van der Waals surface area contributed by atoms with Crippen LogP contribution in [-0.2, 0) is 6.54 Å². The van der Waals surface area contributed by atoms with E-state index in [1.807, 2.05) is 27.0 Å². The number of hydrogen-bond donors (Lipinski definition) is 1. The second kappa shape index (κ2) is 3.87. The van der Waals surface area contributed by atoms with Crippen molar-refractivity contribution in [3.63, 3.8) is 0 Å². The van der Waals surface area contributed by atoms with E-state index in [1.54, 1.807) is 6.26 Å². The molecular formula is C12H14ClNO. The van der Waals surface area contributed by atoms with Crippen molar-refractivity contribution in [3.05, 3.63) is 34.0 Å². The Kier molecular flexibility index (Phi) is 2.72. The van der Waals surface area contributed by atoms with E-state index in [9.17, 15) is 0 Å². The monoisotopic (exact) mass is 223 g/mol. The molecule has 1 heterocycles. The number of halogens is 1. The zero-order chi connectivity index (χ0) is 11.0. The van der Waals surface area contributed by atoms with Crippen molar-refractivity contribution in [1.82, 2.24) is 5.32 Å². The predicted octanol–water partition coefficient (Wildman–Crippen LogP) is 3.42. The summed E-state index contributed by atoms with van der Waals surface area (Å²) < 4.78 is 5.52. The van der Waals surface area contributed by atoms with Gasteiger partial charge in [-0.05, 0) is 38.1 Å². The molecule has 2 rings (SSSR count). The van der Waals surface area contributed by atoms with E-state index in [-0.39, 0.29) is 0 Å². The van der Waals surface area contributed by atoms with E-state index in [4.69, 9.17) is 16.0 Å². The average molecular weight is 224 g/mol. The van der Waals surface area contributed by atoms with Gasteiger partial charge in [0, 0.05) is 22.5 Å². The van der Waals surface area contributed by atoms with Crippen molar-refractivity contribution in [2.75, 3.05) is 7.05 Å². The molecule has 0 spiro atoms. The highest BCUT2D eigenvalue weighted by Crippen LogP contribution is 2.32. The molecular weight excluding hydrogens is 210 g/mol. The van der Waals surface area contributed by atoms with Crippen LogP contribution in [0.2, 0.25) is 5.02 Å². The molecule has 0 saturated heterocycles. The number of benzene rings is 1. The van der Waals surface area contributed by atoms with Gasteiger partial charge in [-0.2, -0.15) is 0 Å². The number of fused-ring (bicyclic) bond motifs is 1. The first-order valence-electron chi connectivity index (χ1n) is 4.95. The maximum absolute atomic E-state index is 6.22. The molecule has 15 heavy (non-hydrogen) atoms. The van der Waals surface area contributed by atoms with Gasteiger partial charge in [0.05, 0.1) is 6.26 Å². The molecule has 1 N–H and O–H groups in total. The highest BCUT2D eigenvalue weighted by atomic mass is 35.5. The van der Waals surface area contributed by atoms with E-state index in [1.165, 1.54) is 0 Å². The van der Waals surface area contributed by atoms with Gasteiger partial charge in [-0.1, -0.05) is 11.6 Å². The molecule has 2 nitrogen and oxygen atoms in total. The van der Waals surface area contributed by atoms with Crippen molar-refractivity contribution in [2.45, 2.75) is 20.4 Å². The van der Waals surface area contributed by atoms with Crippen LogP contribution >= 0.6 is 11.6 Å². The van der Waals surface area contributed by atoms with Gasteiger partial charge in [-0.3, -0.25) is 0 Å². The van der Waals surface area contributed by atoms with Crippen LogP contribution in [-0.4, -0.2) is 7.05 Å². The number of hydrogen-bond acceptors (Lipinski definition) is 2. The molecule has 0 fully saturated rings. The summed E-state index contributed by atoms with van der Waals surface area (Å²) in [6.07, 6.45) is 1.80. The zero-order valence-corrected chi connectivity index (χ0v) is 9.90. The minimum atomic E-state index is 0.799. The quantitative estimate of drug-likeness (QED) is 0.844. The second-order valence-electron chi connectivity index (χ2n) is 3.80. The fourth-order valence-corrected chi connectivity index (χ4v) is 2.08. The Morgan fingerprint density at radius 3 is 2.80 bits per heavy atom. The molecule has 80 valence electrons. The molecule has 0 amide bonds. The summed E-state index contributed by atoms with van der Waals surface area (Å²) in [6, 6.07) is 1.99. The van der Waals surface area contributed by atoms with Crippen molar-refractivity contribution in [3.8, 4) is 0 Å². The average Bonchev–Trinajstić information content (AvgIpc) is 2.59. The molecule has 1 aromatic heterocycles. The van der Waals surface area contributed by atoms with E-state index in [2.05, 4.69) is 5.32 Å². The summed E-state index contributed by atoms with van der Waals surface area (Å²) in [7, 11) is 1.92. The summed E-state index contributed by atoms with van der Waals surface area (Å²) in [6.45, 7) is 4.83. The standard InChI is InChI=1S/C12H14ClNO/c1-7-4-10-11(8(2)12(7)13)9(5-14-3)6-15-10/h4,6,14H,5H2,1-3H3. The number of rotatable bonds is 2. The molecule has 0 bridgehead atoms. The van der Waals surface area contributed by atoms with Crippen molar-refractivity contribution in [2.24, 2.45) is 0 Å². The van der Waals surface area contributed by atoms with Crippen LogP contribution in [0.5, 0.6) is 0 Å². The molecule has 0 unspecified atom stereocenters. The zero-order valence-electron chi connectivity index (χ0n) is 9.15. The lowest BCUT2D eigenvalue weighted by molar-refractivity contribution is 0.607. The Hall–Kier alpha value is -0.990. The second-order valence-corrected chi connectivity index (χ2v) is 4.17. The van der Waals surface area contributed by atoms with Crippen LogP contribution in [0.25, 0.3) is 11.0 Å². The van der Waals surface area contributed by atoms with E-state index in [0.29, 0.717) is 0 Å². The summed E-state index contributed by atoms with van der Waals surface area (Å²) in [5.74, 6) is 0. The lowest BCUT2D eigenvalue weighted by Gasteiger charge is -2.05. The number of aryl methyl sites for hydroxylation is 2. The van der Waals surface area contributed by atoms with Crippen LogP contribution in [0.3, 0.4) is 0 Å². The summed E-state index contributed by atoms with van der Waals surface area (Å²) in [5.41, 5.74) is 4.24. The Balaban J connectivity index is 2.74. The largest absolute Gasteiger partial charge is 0.464 e. The summed E-state index contributed by atoms with van der Waals surface area (Å²) >= 11 is 6.22. The van der Waals surface area contributed by atoms with Gasteiger partial charge in [-0.25, -0.2) is 0 Å². The highest BCUT2D eigenvalue weighted by Gasteiger charge is 2.12. The topological polar surface area (TPSA) is 25.2 Å². The molecule has 0 aliphatic heterocycles. The summed E-state index contributed by atoms with van der Waals surface area (Å²) in [5, 5.41) is 5.09. The Morgan fingerprint density at radius 2 is 2.13 bits per heavy atom. The Bertz CT molecular complexity index is 502. The van der Waals surface area contributed by atoms with Gasteiger partial charge in [-0.15, -0.1) is 0 Å². The van der Waals surface area contributed by atoms with Gasteiger partial charge < -0.3 is 9.73 Å². The molecule has 0 atom stereocenters. The lowest BCUT2D eigenvalue weighted by Crippen LogP contribution is -2.04. The number of furan rings is 1. The van der Waals surface area contributed by atoms with E-state index < -0.39 is 0 Å². The van der Waals surface area contributed by atoms with Gasteiger partial charge in [0.2, 0.25) is 0 Å². The van der Waals surface area contributed by atoms with Gasteiger partial charge in [0.25, 0.3) is 0 Å². The fraction of sp³-hybridized carbons (Fsp3) is 0.333. The molecule has 3 heteroatoms. The summed E-state index contributed by atoms with van der Waals surface area (Å²) in [4.78, 5) is 0.